The van der Waals surface area contributed by atoms with Crippen LogP contribution in [0, 0.1) is 17.2 Å². The zero-order chi connectivity index (χ0) is 12.7. The molecular formula is C13H17ClN2O. The largest absolute Gasteiger partial charge is 0.396 e. The highest BCUT2D eigenvalue weighted by Crippen LogP contribution is 2.22. The van der Waals surface area contributed by atoms with E-state index in [0.717, 1.165) is 25.1 Å². The lowest BCUT2D eigenvalue weighted by Gasteiger charge is -2.10. The van der Waals surface area contributed by atoms with Crippen LogP contribution in [0.4, 0.5) is 5.69 Å². The summed E-state index contributed by atoms with van der Waals surface area (Å²) in [5, 5.41) is 21.4. The number of nitrogens with one attached hydrogen (secondary N) is 1. The quantitative estimate of drug-likeness (QED) is 0.765. The standard InChI is InChI=1S/C13H17ClN2O/c1-10(9-17)3-2-6-16-13-5-4-11(8-15)7-12(13)14/h4-5,7,10,16-17H,2-3,6,9H2,1H3. The number of nitrogens with zero attached hydrogens (tertiary/aromatic N) is 1. The molecule has 1 aromatic rings. The number of hydrogen-bond acceptors (Lipinski definition) is 3. The fourth-order valence-electron chi connectivity index (χ4n) is 1.49. The highest BCUT2D eigenvalue weighted by molar-refractivity contribution is 6.33. The molecule has 3 nitrogen and oxygen atoms in total. The Balaban J connectivity index is 2.40. The second-order valence-electron chi connectivity index (χ2n) is 4.16. The number of aliphatic hydroxyl groups is 1. The maximum absolute atomic E-state index is 8.88. The molecule has 0 radical (unpaired) electrons. The van der Waals surface area contributed by atoms with Crippen molar-refractivity contribution in [3.05, 3.63) is 28.8 Å². The molecule has 1 aromatic carbocycles. The molecule has 92 valence electrons. The van der Waals surface area contributed by atoms with E-state index in [1.165, 1.54) is 0 Å². The number of nitriles is 1. The minimum absolute atomic E-state index is 0.234. The third kappa shape index (κ3) is 4.64. The topological polar surface area (TPSA) is 56.0 Å². The molecule has 1 atom stereocenters. The van der Waals surface area contributed by atoms with Crippen LogP contribution in [-0.2, 0) is 0 Å². The maximum Gasteiger partial charge on any atom is 0.0992 e. The average Bonchev–Trinajstić information content (AvgIpc) is 2.35. The Kier molecular flexibility index (Phi) is 5.82. The minimum atomic E-state index is 0.234. The monoisotopic (exact) mass is 252 g/mol. The van der Waals surface area contributed by atoms with Crippen LogP contribution in [0.2, 0.25) is 5.02 Å². The van der Waals surface area contributed by atoms with Crippen LogP contribution in [-0.4, -0.2) is 18.3 Å². The Morgan fingerprint density at radius 2 is 2.29 bits per heavy atom. The van der Waals surface area contributed by atoms with Crippen molar-refractivity contribution in [2.75, 3.05) is 18.5 Å². The lowest BCUT2D eigenvalue weighted by molar-refractivity contribution is 0.229. The SMILES string of the molecule is CC(CO)CCCNc1ccc(C#N)cc1Cl. The van der Waals surface area contributed by atoms with Crippen LogP contribution in [0.5, 0.6) is 0 Å². The third-order valence-electron chi connectivity index (χ3n) is 2.60. The first-order chi connectivity index (χ1) is 8.17. The summed E-state index contributed by atoms with van der Waals surface area (Å²) in [7, 11) is 0. The van der Waals surface area contributed by atoms with Crippen molar-refractivity contribution in [3.8, 4) is 6.07 Å². The van der Waals surface area contributed by atoms with Crippen LogP contribution < -0.4 is 5.32 Å². The maximum atomic E-state index is 8.88. The number of halogens is 1. The van der Waals surface area contributed by atoms with E-state index < -0.39 is 0 Å². The van der Waals surface area contributed by atoms with E-state index >= 15 is 0 Å². The molecule has 1 rings (SSSR count). The Morgan fingerprint density at radius 1 is 1.53 bits per heavy atom. The summed E-state index contributed by atoms with van der Waals surface area (Å²) in [5.41, 5.74) is 1.41. The van der Waals surface area contributed by atoms with Crippen LogP contribution in [0.1, 0.15) is 25.3 Å². The van der Waals surface area contributed by atoms with Gasteiger partial charge >= 0.3 is 0 Å². The molecule has 0 saturated heterocycles. The van der Waals surface area contributed by atoms with Gasteiger partial charge in [-0.05, 0) is 37.0 Å². The first-order valence-corrected chi connectivity index (χ1v) is 6.09. The molecule has 0 heterocycles. The minimum Gasteiger partial charge on any atom is -0.396 e. The van der Waals surface area contributed by atoms with E-state index in [2.05, 4.69) is 5.32 Å². The molecule has 0 fully saturated rings. The summed E-state index contributed by atoms with van der Waals surface area (Å²) in [6.45, 7) is 3.07. The number of benzene rings is 1. The molecule has 0 aromatic heterocycles. The van der Waals surface area contributed by atoms with E-state index in [0.29, 0.717) is 16.5 Å². The Bertz CT molecular complexity index is 401. The van der Waals surface area contributed by atoms with Gasteiger partial charge in [-0.1, -0.05) is 18.5 Å². The smallest absolute Gasteiger partial charge is 0.0992 e. The van der Waals surface area contributed by atoms with Crippen molar-refractivity contribution >= 4 is 17.3 Å². The number of hydrogen-bond donors (Lipinski definition) is 2. The molecular weight excluding hydrogens is 236 g/mol. The van der Waals surface area contributed by atoms with Gasteiger partial charge in [-0.25, -0.2) is 0 Å². The van der Waals surface area contributed by atoms with Crippen molar-refractivity contribution in [2.24, 2.45) is 5.92 Å². The van der Waals surface area contributed by atoms with Gasteiger partial charge in [0.15, 0.2) is 0 Å². The van der Waals surface area contributed by atoms with Crippen molar-refractivity contribution in [1.82, 2.24) is 0 Å². The molecule has 0 aliphatic rings. The predicted octanol–water partition coefficient (Wildman–Crippen LogP) is 3.03. The summed E-state index contributed by atoms with van der Waals surface area (Å²) in [5.74, 6) is 0.341. The Morgan fingerprint density at radius 3 is 2.88 bits per heavy atom. The van der Waals surface area contributed by atoms with Gasteiger partial charge < -0.3 is 10.4 Å². The Labute approximate surface area is 107 Å². The molecule has 0 amide bonds. The second-order valence-corrected chi connectivity index (χ2v) is 4.57. The number of anilines is 1. The molecule has 0 aliphatic heterocycles. The molecule has 17 heavy (non-hydrogen) atoms. The summed E-state index contributed by atoms with van der Waals surface area (Å²) < 4.78 is 0. The average molecular weight is 253 g/mol. The first-order valence-electron chi connectivity index (χ1n) is 5.71. The van der Waals surface area contributed by atoms with E-state index in [9.17, 15) is 0 Å². The first kappa shape index (κ1) is 13.8. The van der Waals surface area contributed by atoms with Crippen LogP contribution in [0.15, 0.2) is 18.2 Å². The number of aliphatic hydroxyl groups excluding tert-OH is 1. The molecule has 2 N–H and O–H groups in total. The third-order valence-corrected chi connectivity index (χ3v) is 2.91. The summed E-state index contributed by atoms with van der Waals surface area (Å²) >= 11 is 6.02. The van der Waals surface area contributed by atoms with Crippen LogP contribution >= 0.6 is 11.6 Å². The van der Waals surface area contributed by atoms with Gasteiger partial charge in [-0.3, -0.25) is 0 Å². The highest BCUT2D eigenvalue weighted by Gasteiger charge is 2.02. The fourth-order valence-corrected chi connectivity index (χ4v) is 1.74. The van der Waals surface area contributed by atoms with E-state index in [1.54, 1.807) is 12.1 Å². The van der Waals surface area contributed by atoms with Gasteiger partial charge in [-0.15, -0.1) is 0 Å². The van der Waals surface area contributed by atoms with Gasteiger partial charge in [0, 0.05) is 13.2 Å². The zero-order valence-corrected chi connectivity index (χ0v) is 10.7. The van der Waals surface area contributed by atoms with Gasteiger partial charge in [0.25, 0.3) is 0 Å². The molecule has 0 aliphatic carbocycles. The van der Waals surface area contributed by atoms with Gasteiger partial charge in [-0.2, -0.15) is 5.26 Å². The van der Waals surface area contributed by atoms with Gasteiger partial charge in [0.2, 0.25) is 0 Å². The molecule has 0 spiro atoms. The molecule has 1 unspecified atom stereocenters. The normalized spacial score (nSPS) is 11.9. The zero-order valence-electron chi connectivity index (χ0n) is 9.91. The van der Waals surface area contributed by atoms with Gasteiger partial charge in [0.05, 0.1) is 22.3 Å². The van der Waals surface area contributed by atoms with Crippen molar-refractivity contribution in [2.45, 2.75) is 19.8 Å². The van der Waals surface area contributed by atoms with E-state index in [-0.39, 0.29) is 6.61 Å². The lowest BCUT2D eigenvalue weighted by Crippen LogP contribution is -2.06. The van der Waals surface area contributed by atoms with E-state index in [4.69, 9.17) is 22.0 Å². The van der Waals surface area contributed by atoms with Crippen LogP contribution in [0.25, 0.3) is 0 Å². The van der Waals surface area contributed by atoms with Crippen molar-refractivity contribution in [1.29, 1.82) is 5.26 Å². The molecule has 4 heteroatoms. The summed E-state index contributed by atoms with van der Waals surface area (Å²) in [6.07, 6.45) is 1.97. The molecule has 0 bridgehead atoms. The highest BCUT2D eigenvalue weighted by atomic mass is 35.5. The van der Waals surface area contributed by atoms with Crippen LogP contribution in [0.3, 0.4) is 0 Å². The Hall–Kier alpha value is -1.24. The predicted molar refractivity (Wildman–Crippen MR) is 70.1 cm³/mol. The lowest BCUT2D eigenvalue weighted by atomic mass is 10.1. The van der Waals surface area contributed by atoms with Crippen molar-refractivity contribution < 1.29 is 5.11 Å². The summed E-state index contributed by atoms with van der Waals surface area (Å²) in [6, 6.07) is 7.25. The fraction of sp³-hybridized carbons (Fsp3) is 0.462. The van der Waals surface area contributed by atoms with E-state index in [1.807, 2.05) is 19.1 Å². The van der Waals surface area contributed by atoms with Crippen molar-refractivity contribution in [3.63, 3.8) is 0 Å². The second kappa shape index (κ2) is 7.16. The summed E-state index contributed by atoms with van der Waals surface area (Å²) in [4.78, 5) is 0. The molecule has 0 saturated carbocycles. The van der Waals surface area contributed by atoms with Gasteiger partial charge in [0.1, 0.15) is 0 Å². The number of rotatable bonds is 6.